The highest BCUT2D eigenvalue weighted by Crippen LogP contribution is 2.63. The zero-order valence-electron chi connectivity index (χ0n) is 16.8. The summed E-state index contributed by atoms with van der Waals surface area (Å²) in [6.07, 6.45) is 0. The summed E-state index contributed by atoms with van der Waals surface area (Å²) in [6, 6.07) is 31.5. The van der Waals surface area contributed by atoms with Gasteiger partial charge in [0.15, 0.2) is 0 Å². The molecule has 0 fully saturated rings. The fourth-order valence-corrected chi connectivity index (χ4v) is 6.09. The lowest BCUT2D eigenvalue weighted by Gasteiger charge is -2.31. The van der Waals surface area contributed by atoms with Crippen molar-refractivity contribution in [3.63, 3.8) is 0 Å². The Bertz CT molecular complexity index is 1260. The van der Waals surface area contributed by atoms with E-state index in [2.05, 4.69) is 151 Å². The third-order valence-corrected chi connectivity index (χ3v) is 7.85. The first-order valence-corrected chi connectivity index (χ1v) is 12.2. The number of nitrogens with zero attached hydrogens (tertiary/aromatic N) is 2. The normalized spacial score (nSPS) is 13.9. The Hall–Kier alpha value is -1.39. The van der Waals surface area contributed by atoms with Crippen LogP contribution in [0.3, 0.4) is 0 Å². The zero-order valence-corrected chi connectivity index (χ0v) is 21.4. The lowest BCUT2D eigenvalue weighted by molar-refractivity contribution is 0.794. The molecule has 0 aliphatic heterocycles. The summed E-state index contributed by atoms with van der Waals surface area (Å²) < 4.78 is 4.03. The molecule has 0 bridgehead atoms. The first-order valence-electron chi connectivity index (χ1n) is 10.1. The second-order valence-corrected chi connectivity index (χ2v) is 11.5. The predicted molar refractivity (Wildman–Crippen MR) is 131 cm³/mol. The van der Waals surface area contributed by atoms with Crippen molar-refractivity contribution in [1.29, 1.82) is 0 Å². The van der Waals surface area contributed by atoms with Gasteiger partial charge in [0.05, 0.1) is 5.41 Å². The fourth-order valence-electron chi connectivity index (χ4n) is 5.45. The Morgan fingerprint density at radius 1 is 0.452 bits per heavy atom. The minimum atomic E-state index is -0.284. The maximum atomic E-state index is 2.74. The third-order valence-electron chi connectivity index (χ3n) is 6.65. The molecule has 6 heteroatoms. The lowest BCUT2D eigenvalue weighted by atomic mass is 9.70. The average molecular weight is 450 g/mol. The largest absolute Gasteiger partial charge is 0.587 e. The van der Waals surface area contributed by atoms with Gasteiger partial charge in [-0.2, -0.15) is 0 Å². The maximum Gasteiger partial charge on any atom is 0.277 e. The molecule has 2 aliphatic carbocycles. The molecule has 0 saturated heterocycles. The molecule has 0 aromatic heterocycles. The minimum absolute atomic E-state index is 0.284. The van der Waals surface area contributed by atoms with Gasteiger partial charge in [0.2, 0.25) is 0 Å². The Balaban J connectivity index is 1.78. The third kappa shape index (κ3) is 2.70. The zero-order chi connectivity index (χ0) is 21.3. The van der Waals surface area contributed by atoms with E-state index in [1.807, 2.05) is 5.73 Å². The van der Waals surface area contributed by atoms with Crippen LogP contribution in [0, 0.1) is 0 Å². The molecule has 0 heterocycles. The number of fused-ring (bicyclic) bond motifs is 10. The van der Waals surface area contributed by atoms with Crippen LogP contribution in [-0.4, -0.2) is 66.0 Å². The van der Waals surface area contributed by atoms with Gasteiger partial charge >= 0.3 is 0 Å². The first kappa shape index (κ1) is 20.2. The van der Waals surface area contributed by atoms with Gasteiger partial charge in [-0.15, -0.1) is 0 Å². The van der Waals surface area contributed by atoms with E-state index in [0.717, 1.165) is 11.4 Å². The molecule has 4 aromatic carbocycles. The summed E-state index contributed by atoms with van der Waals surface area (Å²) in [5.41, 5.74) is 12.7. The van der Waals surface area contributed by atoms with Crippen molar-refractivity contribution in [2.45, 2.75) is 5.41 Å². The summed E-state index contributed by atoms with van der Waals surface area (Å²) in [5.74, 6) is 0. The predicted octanol–water partition coefficient (Wildman–Crippen LogP) is 3.98. The van der Waals surface area contributed by atoms with E-state index in [4.69, 9.17) is 0 Å². The molecule has 0 saturated carbocycles. The van der Waals surface area contributed by atoms with Crippen LogP contribution in [0.4, 0.5) is 11.4 Å². The van der Waals surface area contributed by atoms with E-state index in [-0.39, 0.29) is 5.41 Å². The number of rotatable bonds is 2. The lowest BCUT2D eigenvalue weighted by Crippen LogP contribution is -2.26. The van der Waals surface area contributed by atoms with E-state index in [9.17, 15) is 0 Å². The van der Waals surface area contributed by atoms with Gasteiger partial charge in [-0.3, -0.25) is 0 Å². The number of hydrogen-bond acceptors (Lipinski definition) is 2. The summed E-state index contributed by atoms with van der Waals surface area (Å²) in [7, 11) is 0. The van der Waals surface area contributed by atoms with Crippen LogP contribution >= 0.6 is 0 Å². The van der Waals surface area contributed by atoms with E-state index >= 15 is 0 Å². The molecule has 2 nitrogen and oxygen atoms in total. The van der Waals surface area contributed by atoms with E-state index in [1.165, 1.54) is 44.5 Å². The minimum Gasteiger partial charge on any atom is -0.587 e. The van der Waals surface area contributed by atoms with Crippen LogP contribution in [0.5, 0.6) is 0 Å². The molecular weight excluding hydrogens is 436 g/mol. The summed E-state index contributed by atoms with van der Waals surface area (Å²) in [6.45, 7) is 0. The molecular formula is C25H14Al4N2. The van der Waals surface area contributed by atoms with Crippen LogP contribution in [0.25, 0.3) is 22.3 Å². The van der Waals surface area contributed by atoms with Crippen LogP contribution in [0.1, 0.15) is 22.3 Å². The smallest absolute Gasteiger partial charge is 0.277 e. The van der Waals surface area contributed by atoms with Crippen LogP contribution in [0.2, 0.25) is 0 Å². The molecule has 0 atom stereocenters. The van der Waals surface area contributed by atoms with Crippen LogP contribution in [-0.2, 0) is 5.41 Å². The Morgan fingerprint density at radius 2 is 0.839 bits per heavy atom. The summed E-state index contributed by atoms with van der Waals surface area (Å²) >= 11 is 11.0. The molecule has 136 valence electrons. The topological polar surface area (TPSA) is 6.48 Å². The fraction of sp³-hybridized carbons (Fsp3) is 0.0400. The number of benzene rings is 4. The number of anilines is 2. The van der Waals surface area contributed by atoms with Crippen LogP contribution < -0.4 is 5.73 Å². The van der Waals surface area contributed by atoms with Crippen LogP contribution in [0.15, 0.2) is 84.9 Å². The van der Waals surface area contributed by atoms with Gasteiger partial charge in [0.25, 0.3) is 66.0 Å². The standard InChI is InChI=1S/C25H14N2.4Al/c26-15-9-11-23-19(13-15)20-14-16(27)10-12-24(20)25(23)21-7-3-1-5-17(21)18-6-2-4-8-22(18)25;;;;/h1-14H;;;;. The highest BCUT2D eigenvalue weighted by Gasteiger charge is 2.51. The van der Waals surface area contributed by atoms with Crippen molar-refractivity contribution in [1.82, 2.24) is 0 Å². The van der Waals surface area contributed by atoms with Gasteiger partial charge in [-0.25, -0.2) is 0 Å². The Kier molecular flexibility index (Phi) is 4.77. The molecule has 31 heavy (non-hydrogen) atoms. The first-order chi connectivity index (χ1) is 15.0. The Morgan fingerprint density at radius 3 is 1.26 bits per heavy atom. The monoisotopic (exact) mass is 450 g/mol. The van der Waals surface area contributed by atoms with Gasteiger partial charge in [-0.1, -0.05) is 60.7 Å². The second kappa shape index (κ2) is 7.31. The summed E-state index contributed by atoms with van der Waals surface area (Å²) in [5, 5.41) is 0. The van der Waals surface area contributed by atoms with Gasteiger partial charge in [-0.05, 0) is 80.1 Å². The van der Waals surface area contributed by atoms with Crippen molar-refractivity contribution < 1.29 is 0 Å². The van der Waals surface area contributed by atoms with Gasteiger partial charge in [0.1, 0.15) is 0 Å². The Labute approximate surface area is 216 Å². The van der Waals surface area contributed by atoms with Gasteiger partial charge < -0.3 is 5.73 Å². The molecule has 0 amide bonds. The molecule has 0 unspecified atom stereocenters. The molecule has 1 spiro atoms. The van der Waals surface area contributed by atoms with E-state index in [0.29, 0.717) is 0 Å². The number of hydrogen-bond donors (Lipinski definition) is 0. The van der Waals surface area contributed by atoms with Gasteiger partial charge in [0, 0.05) is 0 Å². The summed E-state index contributed by atoms with van der Waals surface area (Å²) in [4.78, 5) is 0. The highest BCUT2D eigenvalue weighted by molar-refractivity contribution is 6.42. The average Bonchev–Trinajstić information content (AvgIpc) is 3.25. The van der Waals surface area contributed by atoms with Crippen molar-refractivity contribution in [3.8, 4) is 22.3 Å². The highest BCUT2D eigenvalue weighted by atomic mass is 27.1. The molecule has 0 N–H and O–H groups in total. The van der Waals surface area contributed by atoms with E-state index < -0.39 is 0 Å². The molecule has 4 aromatic rings. The quantitative estimate of drug-likeness (QED) is 0.369. The van der Waals surface area contributed by atoms with Crippen molar-refractivity contribution in [3.05, 3.63) is 107 Å². The van der Waals surface area contributed by atoms with E-state index in [1.54, 1.807) is 0 Å². The van der Waals surface area contributed by atoms with Crippen molar-refractivity contribution in [2.75, 3.05) is 5.73 Å². The molecule has 6 rings (SSSR count). The second-order valence-electron chi connectivity index (χ2n) is 8.12. The SMILES string of the molecule is [Al][N]([Al])c1ccc2c(c1)-c1cc([N]([Al])[Al])ccc1C21c2ccccc2-c2ccccc21. The van der Waals surface area contributed by atoms with Crippen molar-refractivity contribution in [2.24, 2.45) is 0 Å². The molecule has 8 radical (unpaired) electrons. The van der Waals surface area contributed by atoms with Crippen molar-refractivity contribution >= 4 is 77.4 Å². The maximum absolute atomic E-state index is 2.74. The molecule has 2 aliphatic rings.